The molecule has 1 saturated heterocycles. The monoisotopic (exact) mass is 377 g/mol. The Morgan fingerprint density at radius 3 is 2.77 bits per heavy atom. The molecule has 1 amide bonds. The van der Waals surface area contributed by atoms with Gasteiger partial charge in [-0.1, -0.05) is 0 Å². The molecule has 0 radical (unpaired) electrons. The topological polar surface area (TPSA) is 135 Å². The SMILES string of the molecule is N#Cc1cncc(NCc2cc(O)c(N3CC(=O)NS3(=O)=O)c(F)c2)c1. The zero-order valence-electron chi connectivity index (χ0n) is 13.1. The van der Waals surface area contributed by atoms with Gasteiger partial charge in [0.15, 0.2) is 5.82 Å². The van der Waals surface area contributed by atoms with Crippen molar-refractivity contribution in [3.8, 4) is 11.8 Å². The highest BCUT2D eigenvalue weighted by Gasteiger charge is 2.37. The fourth-order valence-electron chi connectivity index (χ4n) is 2.44. The summed E-state index contributed by atoms with van der Waals surface area (Å²) in [6.07, 6.45) is 2.86. The predicted octanol–water partition coefficient (Wildman–Crippen LogP) is 0.591. The van der Waals surface area contributed by atoms with Gasteiger partial charge in [0, 0.05) is 12.7 Å². The quantitative estimate of drug-likeness (QED) is 0.709. The normalized spacial score (nSPS) is 15.4. The van der Waals surface area contributed by atoms with Crippen LogP contribution >= 0.6 is 0 Å². The average Bonchev–Trinajstić information content (AvgIpc) is 2.85. The van der Waals surface area contributed by atoms with E-state index in [-0.39, 0.29) is 6.54 Å². The second-order valence-electron chi connectivity index (χ2n) is 5.41. The number of hydrogen-bond acceptors (Lipinski definition) is 7. The molecule has 1 aliphatic heterocycles. The number of benzene rings is 1. The van der Waals surface area contributed by atoms with Crippen molar-refractivity contribution in [3.05, 3.63) is 47.5 Å². The minimum Gasteiger partial charge on any atom is -0.506 e. The zero-order valence-corrected chi connectivity index (χ0v) is 13.9. The molecule has 2 heterocycles. The lowest BCUT2D eigenvalue weighted by molar-refractivity contribution is -0.117. The maximum absolute atomic E-state index is 14.4. The van der Waals surface area contributed by atoms with Crippen LogP contribution in [0.5, 0.6) is 5.75 Å². The summed E-state index contributed by atoms with van der Waals surface area (Å²) in [6, 6.07) is 5.71. The molecule has 1 aromatic carbocycles. The third kappa shape index (κ3) is 3.35. The van der Waals surface area contributed by atoms with Crippen LogP contribution in [-0.2, 0) is 21.5 Å². The maximum Gasteiger partial charge on any atom is 0.326 e. The Bertz CT molecular complexity index is 1010. The van der Waals surface area contributed by atoms with Gasteiger partial charge in [-0.25, -0.2) is 13.4 Å². The number of carbonyl (C=O) groups is 1. The number of aromatic hydroxyl groups is 1. The van der Waals surface area contributed by atoms with Crippen LogP contribution in [0.2, 0.25) is 0 Å². The number of halogens is 1. The molecular weight excluding hydrogens is 365 g/mol. The summed E-state index contributed by atoms with van der Waals surface area (Å²) < 4.78 is 40.2. The van der Waals surface area contributed by atoms with Gasteiger partial charge in [-0.3, -0.25) is 9.78 Å². The molecule has 0 spiro atoms. The van der Waals surface area contributed by atoms with Crippen molar-refractivity contribution in [1.29, 1.82) is 5.26 Å². The number of hydrogen-bond donors (Lipinski definition) is 3. The number of nitrogens with one attached hydrogen (secondary N) is 2. The van der Waals surface area contributed by atoms with E-state index in [2.05, 4.69) is 10.3 Å². The molecule has 0 unspecified atom stereocenters. The van der Waals surface area contributed by atoms with Crippen molar-refractivity contribution in [3.63, 3.8) is 0 Å². The summed E-state index contributed by atoms with van der Waals surface area (Å²) in [7, 11) is -4.23. The Morgan fingerprint density at radius 1 is 1.38 bits per heavy atom. The number of nitriles is 1. The number of phenolic OH excluding ortho intramolecular Hbond substituents is 1. The van der Waals surface area contributed by atoms with Gasteiger partial charge >= 0.3 is 10.2 Å². The van der Waals surface area contributed by atoms with Crippen LogP contribution in [0.25, 0.3) is 0 Å². The van der Waals surface area contributed by atoms with Crippen LogP contribution in [0.15, 0.2) is 30.6 Å². The van der Waals surface area contributed by atoms with Crippen molar-refractivity contribution in [2.45, 2.75) is 6.54 Å². The predicted molar refractivity (Wildman–Crippen MR) is 88.8 cm³/mol. The van der Waals surface area contributed by atoms with E-state index in [1.165, 1.54) is 18.5 Å². The number of pyridine rings is 1. The van der Waals surface area contributed by atoms with Gasteiger partial charge in [-0.15, -0.1) is 0 Å². The Labute approximate surface area is 147 Å². The summed E-state index contributed by atoms with van der Waals surface area (Å²) in [4.78, 5) is 15.1. The van der Waals surface area contributed by atoms with Crippen LogP contribution in [0.1, 0.15) is 11.1 Å². The van der Waals surface area contributed by atoms with Crippen LogP contribution in [0, 0.1) is 17.1 Å². The second kappa shape index (κ2) is 6.49. The highest BCUT2D eigenvalue weighted by Crippen LogP contribution is 2.34. The van der Waals surface area contributed by atoms with E-state index >= 15 is 0 Å². The molecule has 3 N–H and O–H groups in total. The van der Waals surface area contributed by atoms with Crippen molar-refractivity contribution in [2.24, 2.45) is 0 Å². The van der Waals surface area contributed by atoms with Gasteiger partial charge in [0.05, 0.1) is 17.4 Å². The van der Waals surface area contributed by atoms with Crippen molar-refractivity contribution < 1.29 is 22.7 Å². The van der Waals surface area contributed by atoms with E-state index in [4.69, 9.17) is 5.26 Å². The molecule has 11 heteroatoms. The molecule has 3 rings (SSSR count). The maximum atomic E-state index is 14.4. The molecule has 0 saturated carbocycles. The van der Waals surface area contributed by atoms with Gasteiger partial charge in [-0.05, 0) is 23.8 Å². The summed E-state index contributed by atoms with van der Waals surface area (Å²) in [6.45, 7) is -0.526. The summed E-state index contributed by atoms with van der Waals surface area (Å²) in [5, 5.41) is 21.8. The molecule has 0 bridgehead atoms. The standard InChI is InChI=1S/C15H12FN5O4S/c16-12-2-9(6-19-11-1-10(4-17)5-18-7-11)3-13(22)15(12)21-8-14(23)20-26(21,24)25/h1-3,5,7,19,22H,6,8H2,(H,20,23). The Balaban J connectivity index is 1.84. The average molecular weight is 377 g/mol. The first-order valence-electron chi connectivity index (χ1n) is 7.24. The van der Waals surface area contributed by atoms with Crippen LogP contribution in [-0.4, -0.2) is 31.0 Å². The Kier molecular flexibility index (Phi) is 4.35. The van der Waals surface area contributed by atoms with E-state index in [0.29, 0.717) is 21.1 Å². The molecule has 0 aliphatic carbocycles. The number of nitrogens with zero attached hydrogens (tertiary/aromatic N) is 3. The van der Waals surface area contributed by atoms with Gasteiger partial charge < -0.3 is 10.4 Å². The van der Waals surface area contributed by atoms with Crippen LogP contribution < -0.4 is 14.3 Å². The molecule has 9 nitrogen and oxygen atoms in total. The molecule has 0 atom stereocenters. The summed E-state index contributed by atoms with van der Waals surface area (Å²) in [5.74, 6) is -2.43. The van der Waals surface area contributed by atoms with E-state index in [1.807, 2.05) is 6.07 Å². The number of carbonyl (C=O) groups excluding carboxylic acids is 1. The van der Waals surface area contributed by atoms with E-state index in [0.717, 1.165) is 6.07 Å². The fraction of sp³-hybridized carbons (Fsp3) is 0.133. The zero-order chi connectivity index (χ0) is 18.9. The number of phenols is 1. The highest BCUT2D eigenvalue weighted by atomic mass is 32.2. The van der Waals surface area contributed by atoms with Crippen molar-refractivity contribution in [2.75, 3.05) is 16.2 Å². The molecule has 26 heavy (non-hydrogen) atoms. The van der Waals surface area contributed by atoms with Crippen molar-refractivity contribution in [1.82, 2.24) is 9.71 Å². The molecule has 1 aliphatic rings. The summed E-state index contributed by atoms with van der Waals surface area (Å²) in [5.41, 5.74) is 0.586. The molecular formula is C15H12FN5O4S. The summed E-state index contributed by atoms with van der Waals surface area (Å²) >= 11 is 0. The van der Waals surface area contributed by atoms with E-state index < -0.39 is 39.9 Å². The molecule has 1 fully saturated rings. The lowest BCUT2D eigenvalue weighted by Gasteiger charge is -2.18. The highest BCUT2D eigenvalue weighted by molar-refractivity contribution is 7.92. The van der Waals surface area contributed by atoms with E-state index in [1.54, 1.807) is 10.8 Å². The fourth-order valence-corrected chi connectivity index (χ4v) is 3.61. The number of anilines is 2. The largest absolute Gasteiger partial charge is 0.506 e. The number of amides is 1. The third-order valence-corrected chi connectivity index (χ3v) is 4.91. The smallest absolute Gasteiger partial charge is 0.326 e. The Morgan fingerprint density at radius 2 is 2.15 bits per heavy atom. The second-order valence-corrected chi connectivity index (χ2v) is 7.00. The lowest BCUT2D eigenvalue weighted by Crippen LogP contribution is -2.30. The first-order valence-corrected chi connectivity index (χ1v) is 8.68. The first kappa shape index (κ1) is 17.4. The lowest BCUT2D eigenvalue weighted by atomic mass is 10.1. The van der Waals surface area contributed by atoms with Crippen LogP contribution in [0.4, 0.5) is 15.8 Å². The van der Waals surface area contributed by atoms with E-state index in [9.17, 15) is 22.7 Å². The Hall–Kier alpha value is -3.39. The minimum absolute atomic E-state index is 0.0885. The molecule has 2 aromatic rings. The first-order chi connectivity index (χ1) is 12.3. The third-order valence-electron chi connectivity index (χ3n) is 3.54. The minimum atomic E-state index is -4.23. The van der Waals surface area contributed by atoms with Gasteiger partial charge in [0.25, 0.3) is 5.91 Å². The van der Waals surface area contributed by atoms with Gasteiger partial charge in [0.2, 0.25) is 0 Å². The van der Waals surface area contributed by atoms with Gasteiger partial charge in [-0.2, -0.15) is 13.7 Å². The van der Waals surface area contributed by atoms with Crippen molar-refractivity contribution >= 4 is 27.5 Å². The van der Waals surface area contributed by atoms with Gasteiger partial charge in [0.1, 0.15) is 24.1 Å². The number of aromatic nitrogens is 1. The molecule has 1 aromatic heterocycles. The van der Waals surface area contributed by atoms with Crippen LogP contribution in [0.3, 0.4) is 0 Å². The number of rotatable bonds is 4. The molecule has 134 valence electrons.